The highest BCUT2D eigenvalue weighted by Gasteiger charge is 2.43. The normalized spacial score (nSPS) is 14.0. The maximum Gasteiger partial charge on any atom is 0.417 e. The van der Waals surface area contributed by atoms with Crippen molar-refractivity contribution in [2.24, 2.45) is 5.73 Å². The molecular weight excluding hydrogens is 456 g/mol. The second-order valence-electron chi connectivity index (χ2n) is 6.44. The highest BCUT2D eigenvalue weighted by Crippen LogP contribution is 2.41. The Bertz CT molecular complexity index is 1070. The second-order valence-corrected chi connectivity index (χ2v) is 8.49. The molecule has 1 atom stereocenters. The lowest BCUT2D eigenvalue weighted by atomic mass is 9.99. The molecule has 1 unspecified atom stereocenters. The van der Waals surface area contributed by atoms with Gasteiger partial charge in [0.25, 0.3) is 5.69 Å². The first kappa shape index (κ1) is 24.6. The molecule has 0 aliphatic heterocycles. The number of rotatable bonds is 6. The predicted octanol–water partition coefficient (Wildman–Crippen LogP) is 3.95. The molecule has 2 aromatic rings. The van der Waals surface area contributed by atoms with Crippen LogP contribution in [-0.2, 0) is 22.4 Å². The van der Waals surface area contributed by atoms with E-state index in [1.807, 2.05) is 0 Å². The summed E-state index contributed by atoms with van der Waals surface area (Å²) in [5.41, 5.74) is 1.23. The van der Waals surface area contributed by atoms with Crippen molar-refractivity contribution in [2.45, 2.75) is 23.3 Å². The minimum Gasteiger partial charge on any atom is -0.323 e. The molecular formula is C17H15F6N3O4S. The highest BCUT2D eigenvalue weighted by molar-refractivity contribution is 7.89. The molecule has 0 heterocycles. The summed E-state index contributed by atoms with van der Waals surface area (Å²) in [4.78, 5) is 9.59. The van der Waals surface area contributed by atoms with Crippen molar-refractivity contribution < 1.29 is 39.7 Å². The molecule has 0 saturated heterocycles. The van der Waals surface area contributed by atoms with E-state index in [9.17, 15) is 44.9 Å². The van der Waals surface area contributed by atoms with Gasteiger partial charge in [-0.15, -0.1) is 0 Å². The predicted molar refractivity (Wildman–Crippen MR) is 96.3 cm³/mol. The van der Waals surface area contributed by atoms with Crippen LogP contribution in [-0.4, -0.2) is 31.2 Å². The quantitative estimate of drug-likeness (QED) is 0.390. The lowest BCUT2D eigenvalue weighted by Gasteiger charge is -2.23. The number of nitrogens with zero attached hydrogens (tertiary/aromatic N) is 2. The van der Waals surface area contributed by atoms with Crippen LogP contribution in [0.2, 0.25) is 0 Å². The summed E-state index contributed by atoms with van der Waals surface area (Å²) in [6.45, 7) is -0.567. The largest absolute Gasteiger partial charge is 0.417 e. The first-order valence-corrected chi connectivity index (χ1v) is 9.74. The van der Waals surface area contributed by atoms with E-state index in [1.54, 1.807) is 0 Å². The molecule has 2 aromatic carbocycles. The molecule has 0 spiro atoms. The van der Waals surface area contributed by atoms with Crippen molar-refractivity contribution in [1.29, 1.82) is 0 Å². The molecule has 31 heavy (non-hydrogen) atoms. The van der Waals surface area contributed by atoms with Gasteiger partial charge in [0, 0.05) is 31.8 Å². The lowest BCUT2D eigenvalue weighted by Crippen LogP contribution is -2.34. The Labute approximate surface area is 172 Å². The summed E-state index contributed by atoms with van der Waals surface area (Å²) in [5.74, 6) is 0. The number of non-ortho nitro benzene ring substituents is 1. The summed E-state index contributed by atoms with van der Waals surface area (Å²) < 4.78 is 104. The third kappa shape index (κ3) is 5.51. The van der Waals surface area contributed by atoms with Gasteiger partial charge in [-0.25, -0.2) is 8.42 Å². The fourth-order valence-corrected chi connectivity index (χ4v) is 3.87. The van der Waals surface area contributed by atoms with Crippen LogP contribution in [0.4, 0.5) is 32.0 Å². The van der Waals surface area contributed by atoms with E-state index in [-0.39, 0.29) is 28.3 Å². The molecule has 170 valence electrons. The maximum atomic E-state index is 13.1. The molecule has 0 aliphatic rings. The van der Waals surface area contributed by atoms with E-state index < -0.39 is 51.0 Å². The first-order valence-electron chi connectivity index (χ1n) is 8.30. The smallest absolute Gasteiger partial charge is 0.323 e. The highest BCUT2D eigenvalue weighted by atomic mass is 32.2. The minimum absolute atomic E-state index is 0.236. The summed E-state index contributed by atoms with van der Waals surface area (Å²) >= 11 is 0. The molecule has 2 N–H and O–H groups in total. The fourth-order valence-electron chi connectivity index (χ4n) is 2.67. The van der Waals surface area contributed by atoms with Crippen LogP contribution in [0, 0.1) is 10.1 Å². The molecule has 2 rings (SSSR count). The van der Waals surface area contributed by atoms with E-state index >= 15 is 0 Å². The van der Waals surface area contributed by atoms with Crippen LogP contribution in [0.25, 0.3) is 0 Å². The van der Waals surface area contributed by atoms with Crippen LogP contribution in [0.5, 0.6) is 0 Å². The van der Waals surface area contributed by atoms with E-state index in [0.29, 0.717) is 4.31 Å². The van der Waals surface area contributed by atoms with Crippen LogP contribution < -0.4 is 5.73 Å². The number of nitro benzene ring substituents is 1. The summed E-state index contributed by atoms with van der Waals surface area (Å²) in [6.07, 6.45) is -10.6. The number of halogens is 6. The molecule has 0 saturated carbocycles. The van der Waals surface area contributed by atoms with E-state index in [4.69, 9.17) is 5.73 Å². The van der Waals surface area contributed by atoms with Crippen molar-refractivity contribution in [3.8, 4) is 0 Å². The Morgan fingerprint density at radius 2 is 1.52 bits per heavy atom. The zero-order valence-corrected chi connectivity index (χ0v) is 16.4. The van der Waals surface area contributed by atoms with Crippen LogP contribution in [0.1, 0.15) is 22.7 Å². The molecule has 0 radical (unpaired) electrons. The molecule has 0 amide bonds. The van der Waals surface area contributed by atoms with Crippen molar-refractivity contribution in [3.63, 3.8) is 0 Å². The number of hydrogen-bond acceptors (Lipinski definition) is 5. The zero-order valence-electron chi connectivity index (χ0n) is 15.6. The van der Waals surface area contributed by atoms with E-state index in [2.05, 4.69) is 0 Å². The standard InChI is InChI=1S/C17H15F6N3O4S/c1-25(31(29,30)12-5-3-11(4-6-12)26(27)28)9-15(24)10-2-7-13(16(18,19)20)14(8-10)17(21,22)23/h2-8,15H,9,24H2,1H3. The Morgan fingerprint density at radius 1 is 1.00 bits per heavy atom. The number of benzene rings is 2. The third-order valence-electron chi connectivity index (χ3n) is 4.29. The Balaban J connectivity index is 2.31. The lowest BCUT2D eigenvalue weighted by molar-refractivity contribution is -0.384. The zero-order chi connectivity index (χ0) is 23.8. The van der Waals surface area contributed by atoms with Gasteiger partial charge < -0.3 is 5.73 Å². The Kier molecular flexibility index (Phi) is 6.68. The molecule has 7 nitrogen and oxygen atoms in total. The third-order valence-corrected chi connectivity index (χ3v) is 6.13. The van der Waals surface area contributed by atoms with Crippen LogP contribution >= 0.6 is 0 Å². The van der Waals surface area contributed by atoms with Crippen molar-refractivity contribution in [3.05, 3.63) is 69.3 Å². The molecule has 0 bridgehead atoms. The molecule has 14 heteroatoms. The average Bonchev–Trinajstić information content (AvgIpc) is 2.66. The number of alkyl halides is 6. The van der Waals surface area contributed by atoms with Gasteiger partial charge in [-0.3, -0.25) is 10.1 Å². The van der Waals surface area contributed by atoms with Gasteiger partial charge in [0.2, 0.25) is 10.0 Å². The Morgan fingerprint density at radius 3 is 1.97 bits per heavy atom. The van der Waals surface area contributed by atoms with E-state index in [0.717, 1.165) is 37.4 Å². The Hall–Kier alpha value is -2.71. The monoisotopic (exact) mass is 471 g/mol. The van der Waals surface area contributed by atoms with Gasteiger partial charge in [-0.2, -0.15) is 30.6 Å². The van der Waals surface area contributed by atoms with E-state index in [1.165, 1.54) is 0 Å². The number of likely N-dealkylation sites (N-methyl/N-ethyl adjacent to an activating group) is 1. The molecule has 0 aliphatic carbocycles. The van der Waals surface area contributed by atoms with Crippen molar-refractivity contribution >= 4 is 15.7 Å². The van der Waals surface area contributed by atoms with Crippen LogP contribution in [0.15, 0.2) is 47.4 Å². The number of nitro groups is 1. The van der Waals surface area contributed by atoms with Gasteiger partial charge in [0.1, 0.15) is 0 Å². The van der Waals surface area contributed by atoms with Crippen molar-refractivity contribution in [2.75, 3.05) is 13.6 Å². The van der Waals surface area contributed by atoms with Crippen molar-refractivity contribution in [1.82, 2.24) is 4.31 Å². The summed E-state index contributed by atoms with van der Waals surface area (Å²) in [5, 5.41) is 10.7. The molecule has 0 fully saturated rings. The van der Waals surface area contributed by atoms with Gasteiger partial charge in [-0.05, 0) is 29.8 Å². The first-order chi connectivity index (χ1) is 14.0. The summed E-state index contributed by atoms with van der Waals surface area (Å²) in [7, 11) is -3.17. The second kappa shape index (κ2) is 8.43. The number of sulfonamides is 1. The van der Waals surface area contributed by atoms with Gasteiger partial charge >= 0.3 is 12.4 Å². The van der Waals surface area contributed by atoms with Gasteiger partial charge in [0.15, 0.2) is 0 Å². The average molecular weight is 471 g/mol. The SMILES string of the molecule is CN(CC(N)c1ccc(C(F)(F)F)c(C(F)(F)F)c1)S(=O)(=O)c1ccc([N+](=O)[O-])cc1. The topological polar surface area (TPSA) is 107 Å². The van der Waals surface area contributed by atoms with Gasteiger partial charge in [0.05, 0.1) is 20.9 Å². The fraction of sp³-hybridized carbons (Fsp3) is 0.294. The summed E-state index contributed by atoms with van der Waals surface area (Å²) in [6, 6.07) is 3.67. The van der Waals surface area contributed by atoms with Crippen LogP contribution in [0.3, 0.4) is 0 Å². The molecule has 0 aromatic heterocycles. The van der Waals surface area contributed by atoms with Gasteiger partial charge in [-0.1, -0.05) is 6.07 Å². The number of hydrogen-bond donors (Lipinski definition) is 1. The maximum absolute atomic E-state index is 13.1. The number of nitrogens with two attached hydrogens (primary N) is 1. The minimum atomic E-state index is -5.31.